The van der Waals surface area contributed by atoms with Gasteiger partial charge in [-0.05, 0) is 38.5 Å². The van der Waals surface area contributed by atoms with Crippen LogP contribution in [0.15, 0.2) is 29.2 Å². The first-order valence-electron chi connectivity index (χ1n) is 8.59. The molecule has 0 atom stereocenters. The fourth-order valence-electron chi connectivity index (χ4n) is 2.62. The third-order valence-corrected chi connectivity index (χ3v) is 6.01. The maximum Gasteiger partial charge on any atom is 0.319 e. The van der Waals surface area contributed by atoms with Crippen LogP contribution in [0.3, 0.4) is 0 Å². The molecule has 1 aliphatic rings. The van der Waals surface area contributed by atoms with Crippen LogP contribution in [0.4, 0.5) is 10.5 Å². The van der Waals surface area contributed by atoms with Gasteiger partial charge in [0.2, 0.25) is 10.0 Å². The Morgan fingerprint density at radius 1 is 1.26 bits per heavy atom. The number of ether oxygens (including phenoxy) is 1. The Balaban J connectivity index is 2.04. The lowest BCUT2D eigenvalue weighted by Gasteiger charge is -2.27. The van der Waals surface area contributed by atoms with Gasteiger partial charge in [-0.25, -0.2) is 13.2 Å². The van der Waals surface area contributed by atoms with Gasteiger partial charge in [0.1, 0.15) is 0 Å². The van der Waals surface area contributed by atoms with Crippen LogP contribution in [0, 0.1) is 0 Å². The fraction of sp³-hybridized carbons (Fsp3) is 0.529. The molecule has 1 aromatic rings. The number of hydrogen-bond acceptors (Lipinski definition) is 5. The first kappa shape index (κ1) is 21.1. The molecule has 0 radical (unpaired) electrons. The second kappa shape index (κ2) is 8.68. The summed E-state index contributed by atoms with van der Waals surface area (Å²) in [7, 11) is -3.66. The Morgan fingerprint density at radius 3 is 2.56 bits per heavy atom. The Labute approximate surface area is 158 Å². The van der Waals surface area contributed by atoms with E-state index in [9.17, 15) is 18.0 Å². The van der Waals surface area contributed by atoms with Crippen molar-refractivity contribution in [2.45, 2.75) is 37.1 Å². The van der Waals surface area contributed by atoms with Crippen LogP contribution in [-0.4, -0.2) is 61.7 Å². The summed E-state index contributed by atoms with van der Waals surface area (Å²) in [4.78, 5) is 23.0. The van der Waals surface area contributed by atoms with Crippen LogP contribution >= 0.6 is 0 Å². The molecule has 0 aliphatic carbocycles. The van der Waals surface area contributed by atoms with E-state index >= 15 is 0 Å². The number of rotatable bonds is 7. The van der Waals surface area contributed by atoms with Gasteiger partial charge in [-0.2, -0.15) is 4.31 Å². The largest absolute Gasteiger partial charge is 0.481 e. The normalized spacial score (nSPS) is 15.9. The number of nitrogens with zero attached hydrogens (tertiary/aromatic N) is 1. The third kappa shape index (κ3) is 6.19. The zero-order chi connectivity index (χ0) is 20.1. The topological polar surface area (TPSA) is 125 Å². The number of carboxylic acids is 1. The highest BCUT2D eigenvalue weighted by Crippen LogP contribution is 2.21. The van der Waals surface area contributed by atoms with Gasteiger partial charge in [-0.15, -0.1) is 0 Å². The molecule has 0 bridgehead atoms. The lowest BCUT2D eigenvalue weighted by Crippen LogP contribution is -2.45. The van der Waals surface area contributed by atoms with Gasteiger partial charge in [0.05, 0.1) is 18.1 Å². The minimum Gasteiger partial charge on any atom is -0.481 e. The van der Waals surface area contributed by atoms with Gasteiger partial charge in [-0.1, -0.05) is 6.07 Å². The van der Waals surface area contributed by atoms with E-state index in [2.05, 4.69) is 10.6 Å². The van der Waals surface area contributed by atoms with Crippen molar-refractivity contribution in [3.05, 3.63) is 24.3 Å². The number of carbonyl (C=O) groups excluding carboxylic acids is 1. The number of amides is 2. The third-order valence-electron chi connectivity index (χ3n) is 4.12. The molecule has 1 fully saturated rings. The molecule has 0 unspecified atom stereocenters. The number of benzene rings is 1. The van der Waals surface area contributed by atoms with Crippen LogP contribution in [0.1, 0.15) is 26.7 Å². The number of anilines is 1. The molecular formula is C17H25N3O6S. The predicted molar refractivity (Wildman–Crippen MR) is 99.1 cm³/mol. The highest BCUT2D eigenvalue weighted by atomic mass is 32.2. The number of morpholine rings is 1. The summed E-state index contributed by atoms with van der Waals surface area (Å²) in [6.07, 6.45) is 0.196. The van der Waals surface area contributed by atoms with Crippen molar-refractivity contribution in [1.82, 2.24) is 9.62 Å². The maximum absolute atomic E-state index is 12.7. The molecule has 9 nitrogen and oxygen atoms in total. The van der Waals surface area contributed by atoms with Crippen LogP contribution in [-0.2, 0) is 19.6 Å². The number of sulfonamides is 1. The van der Waals surface area contributed by atoms with Crippen molar-refractivity contribution in [2.75, 3.05) is 31.6 Å². The summed E-state index contributed by atoms with van der Waals surface area (Å²) in [5, 5.41) is 14.1. The molecule has 1 saturated heterocycles. The predicted octanol–water partition coefficient (Wildman–Crippen LogP) is 1.47. The van der Waals surface area contributed by atoms with Gasteiger partial charge in [-0.3, -0.25) is 4.79 Å². The van der Waals surface area contributed by atoms with E-state index < -0.39 is 27.6 Å². The van der Waals surface area contributed by atoms with E-state index in [4.69, 9.17) is 9.84 Å². The van der Waals surface area contributed by atoms with Crippen LogP contribution in [0.25, 0.3) is 0 Å². The number of carboxylic acid groups (broad SMARTS) is 1. The van der Waals surface area contributed by atoms with E-state index in [-0.39, 0.29) is 30.8 Å². The average Bonchev–Trinajstić information content (AvgIpc) is 2.60. The second-order valence-corrected chi connectivity index (χ2v) is 8.84. The standard InChI is InChI=1S/C17H25N3O6S/c1-17(2,7-6-15(21)22)19-16(23)18-13-4-3-5-14(12-13)27(24,25)20-8-10-26-11-9-20/h3-5,12H,6-11H2,1-2H3,(H,21,22)(H2,18,19,23). The number of hydrogen-bond donors (Lipinski definition) is 3. The van der Waals surface area contributed by atoms with E-state index in [1.54, 1.807) is 26.0 Å². The summed E-state index contributed by atoms with van der Waals surface area (Å²) in [6, 6.07) is 5.48. The SMILES string of the molecule is CC(C)(CCC(=O)O)NC(=O)Nc1cccc(S(=O)(=O)N2CCOCC2)c1. The molecule has 1 aromatic carbocycles. The Kier molecular flexibility index (Phi) is 6.79. The van der Waals surface area contributed by atoms with Crippen molar-refractivity contribution < 1.29 is 27.9 Å². The lowest BCUT2D eigenvalue weighted by molar-refractivity contribution is -0.137. The van der Waals surface area contributed by atoms with Crippen LogP contribution < -0.4 is 10.6 Å². The van der Waals surface area contributed by atoms with E-state index in [0.29, 0.717) is 18.9 Å². The van der Waals surface area contributed by atoms with E-state index in [1.807, 2.05) is 0 Å². The first-order valence-corrected chi connectivity index (χ1v) is 10.0. The van der Waals surface area contributed by atoms with E-state index in [0.717, 1.165) is 0 Å². The molecular weight excluding hydrogens is 374 g/mol. The van der Waals surface area contributed by atoms with Crippen LogP contribution in [0.5, 0.6) is 0 Å². The number of urea groups is 1. The van der Waals surface area contributed by atoms with Crippen molar-refractivity contribution >= 4 is 27.7 Å². The van der Waals surface area contributed by atoms with E-state index in [1.165, 1.54) is 16.4 Å². The summed E-state index contributed by atoms with van der Waals surface area (Å²) in [6.45, 7) is 4.72. The zero-order valence-electron chi connectivity index (χ0n) is 15.4. The van der Waals surface area contributed by atoms with Crippen molar-refractivity contribution in [1.29, 1.82) is 0 Å². The van der Waals surface area contributed by atoms with Crippen molar-refractivity contribution in [2.24, 2.45) is 0 Å². The molecule has 0 saturated carbocycles. The Bertz CT molecular complexity index is 788. The summed E-state index contributed by atoms with van der Waals surface area (Å²) in [5.41, 5.74) is -0.393. The smallest absolute Gasteiger partial charge is 0.319 e. The summed E-state index contributed by atoms with van der Waals surface area (Å²) in [5.74, 6) is -0.939. The molecule has 1 heterocycles. The molecule has 150 valence electrons. The summed E-state index contributed by atoms with van der Waals surface area (Å²) >= 11 is 0. The molecule has 2 amide bonds. The number of aliphatic carboxylic acids is 1. The molecule has 0 aromatic heterocycles. The Hall–Kier alpha value is -2.17. The lowest BCUT2D eigenvalue weighted by atomic mass is 9.99. The monoisotopic (exact) mass is 399 g/mol. The minimum atomic E-state index is -3.66. The second-order valence-electron chi connectivity index (χ2n) is 6.90. The highest BCUT2D eigenvalue weighted by Gasteiger charge is 2.27. The minimum absolute atomic E-state index is 0.0689. The molecule has 0 spiro atoms. The molecule has 1 aliphatic heterocycles. The Morgan fingerprint density at radius 2 is 1.93 bits per heavy atom. The first-order chi connectivity index (χ1) is 12.6. The zero-order valence-corrected chi connectivity index (χ0v) is 16.2. The van der Waals surface area contributed by atoms with Gasteiger partial charge in [0.25, 0.3) is 0 Å². The highest BCUT2D eigenvalue weighted by molar-refractivity contribution is 7.89. The molecule has 27 heavy (non-hydrogen) atoms. The molecule has 3 N–H and O–H groups in total. The van der Waals surface area contributed by atoms with Crippen molar-refractivity contribution in [3.63, 3.8) is 0 Å². The van der Waals surface area contributed by atoms with Crippen LogP contribution in [0.2, 0.25) is 0 Å². The fourth-order valence-corrected chi connectivity index (χ4v) is 4.08. The molecule has 10 heteroatoms. The average molecular weight is 399 g/mol. The van der Waals surface area contributed by atoms with Gasteiger partial charge < -0.3 is 20.5 Å². The molecule has 2 rings (SSSR count). The van der Waals surface area contributed by atoms with Gasteiger partial charge in [0, 0.05) is 30.7 Å². The quantitative estimate of drug-likeness (QED) is 0.638. The maximum atomic E-state index is 12.7. The summed E-state index contributed by atoms with van der Waals surface area (Å²) < 4.78 is 31.9. The van der Waals surface area contributed by atoms with Gasteiger partial charge in [0.15, 0.2) is 0 Å². The van der Waals surface area contributed by atoms with Gasteiger partial charge >= 0.3 is 12.0 Å². The number of nitrogens with one attached hydrogen (secondary N) is 2. The van der Waals surface area contributed by atoms with Crippen molar-refractivity contribution in [3.8, 4) is 0 Å². The number of carbonyl (C=O) groups is 2.